The van der Waals surface area contributed by atoms with E-state index in [1.165, 1.54) is 32.4 Å². The van der Waals surface area contributed by atoms with Crippen LogP contribution in [0, 0.1) is 11.8 Å². The third kappa shape index (κ3) is 2.62. The molecule has 18 heavy (non-hydrogen) atoms. The number of fused-ring (bicyclic) bond motifs is 1. The molecule has 1 aromatic rings. The molecule has 3 rings (SSSR count). The predicted molar refractivity (Wildman–Crippen MR) is 72.3 cm³/mol. The Kier molecular flexibility index (Phi) is 3.71. The van der Waals surface area contributed by atoms with Crippen LogP contribution in [0.25, 0.3) is 0 Å². The van der Waals surface area contributed by atoms with E-state index in [9.17, 15) is 0 Å². The minimum Gasteiger partial charge on any atom is -0.468 e. The zero-order chi connectivity index (χ0) is 12.4. The molecule has 3 atom stereocenters. The molecule has 1 N–H and O–H groups in total. The molecule has 2 aliphatic rings. The number of nitrogens with zero attached hydrogens (tertiary/aromatic N) is 1. The van der Waals surface area contributed by atoms with Crippen molar-refractivity contribution in [1.29, 1.82) is 0 Å². The number of nitrogens with one attached hydrogen (secondary N) is 1. The summed E-state index contributed by atoms with van der Waals surface area (Å²) in [6, 6.07) is 4.62. The Bertz CT molecular complexity index is 351. The molecule has 2 heterocycles. The van der Waals surface area contributed by atoms with Gasteiger partial charge in [0.15, 0.2) is 0 Å². The average Bonchev–Trinajstić information content (AvgIpc) is 3.04. The SMILES string of the molecule is CC(CNCc1ccco1)N1CC2CCCC2C1. The van der Waals surface area contributed by atoms with Gasteiger partial charge in [-0.05, 0) is 43.7 Å². The van der Waals surface area contributed by atoms with Crippen LogP contribution in [-0.2, 0) is 6.54 Å². The second-order valence-electron chi connectivity index (χ2n) is 5.96. The van der Waals surface area contributed by atoms with Gasteiger partial charge in [0.05, 0.1) is 12.8 Å². The quantitative estimate of drug-likeness (QED) is 0.868. The van der Waals surface area contributed by atoms with Crippen molar-refractivity contribution < 1.29 is 4.42 Å². The third-order valence-electron chi connectivity index (χ3n) is 4.70. The van der Waals surface area contributed by atoms with Gasteiger partial charge in [-0.2, -0.15) is 0 Å². The summed E-state index contributed by atoms with van der Waals surface area (Å²) in [5.41, 5.74) is 0. The fourth-order valence-corrected chi connectivity index (χ4v) is 3.58. The highest BCUT2D eigenvalue weighted by atomic mass is 16.3. The average molecular weight is 248 g/mol. The van der Waals surface area contributed by atoms with Gasteiger partial charge >= 0.3 is 0 Å². The van der Waals surface area contributed by atoms with Crippen molar-refractivity contribution in [3.63, 3.8) is 0 Å². The Morgan fingerprint density at radius 1 is 1.39 bits per heavy atom. The van der Waals surface area contributed by atoms with Crippen molar-refractivity contribution in [1.82, 2.24) is 10.2 Å². The fourth-order valence-electron chi connectivity index (χ4n) is 3.58. The molecule has 1 aliphatic heterocycles. The van der Waals surface area contributed by atoms with Gasteiger partial charge in [-0.25, -0.2) is 0 Å². The van der Waals surface area contributed by atoms with Crippen molar-refractivity contribution in [2.75, 3.05) is 19.6 Å². The predicted octanol–water partition coefficient (Wildman–Crippen LogP) is 2.49. The molecule has 0 amide bonds. The molecule has 1 saturated heterocycles. The zero-order valence-electron chi connectivity index (χ0n) is 11.3. The smallest absolute Gasteiger partial charge is 0.117 e. The first-order valence-corrected chi connectivity index (χ1v) is 7.30. The number of hydrogen-bond donors (Lipinski definition) is 1. The Balaban J connectivity index is 1.40. The number of rotatable bonds is 5. The summed E-state index contributed by atoms with van der Waals surface area (Å²) in [5.74, 6) is 3.02. The van der Waals surface area contributed by atoms with Crippen LogP contribution in [0.2, 0.25) is 0 Å². The molecule has 1 aromatic heterocycles. The lowest BCUT2D eigenvalue weighted by molar-refractivity contribution is 0.232. The third-order valence-corrected chi connectivity index (χ3v) is 4.70. The standard InChI is InChI=1S/C15H24N2O/c1-12(8-16-9-15-6-3-7-18-15)17-10-13-4-2-5-14(13)11-17/h3,6-7,12-14,16H,2,4-5,8-11H2,1H3. The minimum absolute atomic E-state index is 0.644. The van der Waals surface area contributed by atoms with E-state index in [4.69, 9.17) is 4.42 Å². The summed E-state index contributed by atoms with van der Waals surface area (Å²) in [6.07, 6.45) is 6.14. The van der Waals surface area contributed by atoms with E-state index < -0.39 is 0 Å². The maximum absolute atomic E-state index is 5.33. The molecular weight excluding hydrogens is 224 g/mol. The lowest BCUT2D eigenvalue weighted by Gasteiger charge is -2.25. The Labute approximate surface area is 110 Å². The van der Waals surface area contributed by atoms with Gasteiger partial charge in [0.25, 0.3) is 0 Å². The molecule has 0 bridgehead atoms. The second-order valence-corrected chi connectivity index (χ2v) is 5.96. The van der Waals surface area contributed by atoms with E-state index in [0.29, 0.717) is 6.04 Å². The molecule has 1 aliphatic carbocycles. The van der Waals surface area contributed by atoms with Gasteiger partial charge in [0, 0.05) is 25.7 Å². The highest BCUT2D eigenvalue weighted by Gasteiger charge is 2.37. The van der Waals surface area contributed by atoms with Crippen LogP contribution in [0.5, 0.6) is 0 Å². The normalized spacial score (nSPS) is 29.6. The molecule has 3 heteroatoms. The molecule has 0 spiro atoms. The summed E-state index contributed by atoms with van der Waals surface area (Å²) in [5, 5.41) is 3.49. The van der Waals surface area contributed by atoms with Crippen molar-refractivity contribution in [2.45, 2.75) is 38.8 Å². The van der Waals surface area contributed by atoms with Crippen molar-refractivity contribution in [3.05, 3.63) is 24.2 Å². The van der Waals surface area contributed by atoms with Crippen LogP contribution >= 0.6 is 0 Å². The molecule has 3 unspecified atom stereocenters. The molecular formula is C15H24N2O. The van der Waals surface area contributed by atoms with Crippen LogP contribution in [0.4, 0.5) is 0 Å². The summed E-state index contributed by atoms with van der Waals surface area (Å²) in [4.78, 5) is 2.67. The summed E-state index contributed by atoms with van der Waals surface area (Å²) in [7, 11) is 0. The highest BCUT2D eigenvalue weighted by molar-refractivity contribution is 4.97. The molecule has 0 aromatic carbocycles. The molecule has 2 fully saturated rings. The van der Waals surface area contributed by atoms with Crippen LogP contribution in [0.15, 0.2) is 22.8 Å². The summed E-state index contributed by atoms with van der Waals surface area (Å²) >= 11 is 0. The number of likely N-dealkylation sites (tertiary alicyclic amines) is 1. The van der Waals surface area contributed by atoms with Gasteiger partial charge in [-0.3, -0.25) is 4.90 Å². The second kappa shape index (κ2) is 5.45. The number of hydrogen-bond acceptors (Lipinski definition) is 3. The van der Waals surface area contributed by atoms with Crippen LogP contribution in [0.3, 0.4) is 0 Å². The summed E-state index contributed by atoms with van der Waals surface area (Å²) < 4.78 is 5.33. The van der Waals surface area contributed by atoms with E-state index in [0.717, 1.165) is 30.7 Å². The van der Waals surface area contributed by atoms with Crippen LogP contribution in [-0.4, -0.2) is 30.6 Å². The Morgan fingerprint density at radius 3 is 2.83 bits per heavy atom. The Morgan fingerprint density at radius 2 is 2.17 bits per heavy atom. The lowest BCUT2D eigenvalue weighted by atomic mass is 10.0. The van der Waals surface area contributed by atoms with E-state index in [2.05, 4.69) is 17.1 Å². The van der Waals surface area contributed by atoms with Gasteiger partial charge in [-0.1, -0.05) is 6.42 Å². The Hall–Kier alpha value is -0.800. The van der Waals surface area contributed by atoms with E-state index in [1.807, 2.05) is 12.1 Å². The van der Waals surface area contributed by atoms with Crippen molar-refractivity contribution in [3.8, 4) is 0 Å². The van der Waals surface area contributed by atoms with E-state index >= 15 is 0 Å². The molecule has 100 valence electrons. The zero-order valence-corrected chi connectivity index (χ0v) is 11.3. The first-order valence-electron chi connectivity index (χ1n) is 7.30. The van der Waals surface area contributed by atoms with Crippen molar-refractivity contribution in [2.24, 2.45) is 11.8 Å². The van der Waals surface area contributed by atoms with Gasteiger partial charge < -0.3 is 9.73 Å². The van der Waals surface area contributed by atoms with E-state index in [1.54, 1.807) is 6.26 Å². The topological polar surface area (TPSA) is 28.4 Å². The lowest BCUT2D eigenvalue weighted by Crippen LogP contribution is -2.39. The fraction of sp³-hybridized carbons (Fsp3) is 0.733. The van der Waals surface area contributed by atoms with Gasteiger partial charge in [0.1, 0.15) is 5.76 Å². The molecule has 3 nitrogen and oxygen atoms in total. The van der Waals surface area contributed by atoms with Crippen LogP contribution in [0.1, 0.15) is 31.9 Å². The monoisotopic (exact) mass is 248 g/mol. The highest BCUT2D eigenvalue weighted by Crippen LogP contribution is 2.38. The first-order chi connectivity index (χ1) is 8.83. The first kappa shape index (κ1) is 12.2. The largest absolute Gasteiger partial charge is 0.468 e. The van der Waals surface area contributed by atoms with Gasteiger partial charge in [-0.15, -0.1) is 0 Å². The van der Waals surface area contributed by atoms with Crippen LogP contribution < -0.4 is 5.32 Å². The molecule has 0 radical (unpaired) electrons. The minimum atomic E-state index is 0.644. The number of furan rings is 1. The maximum atomic E-state index is 5.33. The molecule has 1 saturated carbocycles. The summed E-state index contributed by atoms with van der Waals surface area (Å²) in [6.45, 7) is 6.90. The van der Waals surface area contributed by atoms with Crippen molar-refractivity contribution >= 4 is 0 Å². The van der Waals surface area contributed by atoms with Gasteiger partial charge in [0.2, 0.25) is 0 Å². The van der Waals surface area contributed by atoms with E-state index in [-0.39, 0.29) is 0 Å². The maximum Gasteiger partial charge on any atom is 0.117 e.